The van der Waals surface area contributed by atoms with E-state index >= 15 is 0 Å². The molecule has 1 aromatic rings. The molecule has 0 aromatic heterocycles. The Kier molecular flexibility index (Phi) is 4.69. The number of nitriles is 1. The minimum absolute atomic E-state index is 0.139. The van der Waals surface area contributed by atoms with E-state index in [-0.39, 0.29) is 5.92 Å². The molecule has 1 atom stereocenters. The van der Waals surface area contributed by atoms with Crippen LogP contribution < -0.4 is 14.2 Å². The van der Waals surface area contributed by atoms with Gasteiger partial charge in [0.15, 0.2) is 11.5 Å². The first-order chi connectivity index (χ1) is 10.8. The average Bonchev–Trinajstić information content (AvgIpc) is 2.79. The van der Waals surface area contributed by atoms with Crippen LogP contribution in [0.15, 0.2) is 12.1 Å². The number of rotatable bonds is 3. The Morgan fingerprint density at radius 3 is 2.77 bits per heavy atom. The SMILES string of the molecule is COc1cc2c(cc1CN1CCCC(C#N)C1)OCCCO2. The molecule has 0 N–H and O–H groups in total. The first-order valence-corrected chi connectivity index (χ1v) is 7.88. The molecule has 5 nitrogen and oxygen atoms in total. The first-order valence-electron chi connectivity index (χ1n) is 7.88. The summed E-state index contributed by atoms with van der Waals surface area (Å²) < 4.78 is 17.0. The van der Waals surface area contributed by atoms with Crippen molar-refractivity contribution in [1.29, 1.82) is 5.26 Å². The summed E-state index contributed by atoms with van der Waals surface area (Å²) in [6, 6.07) is 6.33. The Morgan fingerprint density at radius 1 is 1.27 bits per heavy atom. The Hall–Kier alpha value is -1.93. The van der Waals surface area contributed by atoms with E-state index in [1.807, 2.05) is 12.1 Å². The van der Waals surface area contributed by atoms with Crippen LogP contribution in [0.3, 0.4) is 0 Å². The zero-order chi connectivity index (χ0) is 15.4. The first kappa shape index (κ1) is 15.0. The summed E-state index contributed by atoms with van der Waals surface area (Å²) in [5, 5.41) is 9.13. The third kappa shape index (κ3) is 3.28. The van der Waals surface area contributed by atoms with Crippen LogP contribution in [-0.4, -0.2) is 38.3 Å². The van der Waals surface area contributed by atoms with Crippen molar-refractivity contribution in [2.24, 2.45) is 5.92 Å². The summed E-state index contributed by atoms with van der Waals surface area (Å²) in [5.74, 6) is 2.51. The summed E-state index contributed by atoms with van der Waals surface area (Å²) in [7, 11) is 1.68. The van der Waals surface area contributed by atoms with Crippen molar-refractivity contribution in [3.05, 3.63) is 17.7 Å². The van der Waals surface area contributed by atoms with Crippen LogP contribution in [0.2, 0.25) is 0 Å². The second-order valence-electron chi connectivity index (χ2n) is 5.86. The van der Waals surface area contributed by atoms with Gasteiger partial charge in [0.25, 0.3) is 0 Å². The van der Waals surface area contributed by atoms with Crippen molar-refractivity contribution < 1.29 is 14.2 Å². The molecular weight excluding hydrogens is 280 g/mol. The van der Waals surface area contributed by atoms with E-state index < -0.39 is 0 Å². The lowest BCUT2D eigenvalue weighted by Crippen LogP contribution is -2.34. The molecule has 0 radical (unpaired) electrons. The van der Waals surface area contributed by atoms with E-state index in [9.17, 15) is 0 Å². The van der Waals surface area contributed by atoms with E-state index in [2.05, 4.69) is 11.0 Å². The normalized spacial score (nSPS) is 21.7. The van der Waals surface area contributed by atoms with Crippen LogP contribution in [0.25, 0.3) is 0 Å². The van der Waals surface area contributed by atoms with Gasteiger partial charge >= 0.3 is 0 Å². The molecule has 1 aromatic carbocycles. The molecule has 0 amide bonds. The maximum atomic E-state index is 9.13. The van der Waals surface area contributed by atoms with Gasteiger partial charge in [-0.1, -0.05) is 0 Å². The van der Waals surface area contributed by atoms with Crippen molar-refractivity contribution in [2.75, 3.05) is 33.4 Å². The molecule has 0 aliphatic carbocycles. The molecule has 1 unspecified atom stereocenters. The lowest BCUT2D eigenvalue weighted by Gasteiger charge is -2.30. The summed E-state index contributed by atoms with van der Waals surface area (Å²) in [4.78, 5) is 2.32. The van der Waals surface area contributed by atoms with Gasteiger partial charge in [0.1, 0.15) is 5.75 Å². The van der Waals surface area contributed by atoms with Crippen LogP contribution in [0.1, 0.15) is 24.8 Å². The number of methoxy groups -OCH3 is 1. The van der Waals surface area contributed by atoms with Crippen molar-refractivity contribution in [1.82, 2.24) is 4.90 Å². The van der Waals surface area contributed by atoms with Gasteiger partial charge < -0.3 is 14.2 Å². The Bertz CT molecular complexity index is 568. The predicted molar refractivity (Wildman–Crippen MR) is 82.2 cm³/mol. The van der Waals surface area contributed by atoms with Gasteiger partial charge in [0.05, 0.1) is 32.3 Å². The second kappa shape index (κ2) is 6.89. The highest BCUT2D eigenvalue weighted by Crippen LogP contribution is 2.37. The summed E-state index contributed by atoms with van der Waals surface area (Å²) in [5.41, 5.74) is 1.09. The summed E-state index contributed by atoms with van der Waals surface area (Å²) in [6.07, 6.45) is 2.97. The van der Waals surface area contributed by atoms with Crippen molar-refractivity contribution in [3.63, 3.8) is 0 Å². The number of benzene rings is 1. The van der Waals surface area contributed by atoms with Gasteiger partial charge in [-0.05, 0) is 25.5 Å². The standard InChI is InChI=1S/C17H22N2O3/c1-20-15-9-17-16(21-6-3-7-22-17)8-14(15)12-19-5-2-4-13(10-18)11-19/h8-9,13H,2-7,11-12H2,1H3. The maximum absolute atomic E-state index is 9.13. The molecule has 1 fully saturated rings. The minimum Gasteiger partial charge on any atom is -0.496 e. The number of ether oxygens (including phenoxy) is 3. The number of nitrogens with zero attached hydrogens (tertiary/aromatic N) is 2. The van der Waals surface area contributed by atoms with E-state index in [1.54, 1.807) is 7.11 Å². The Morgan fingerprint density at radius 2 is 2.05 bits per heavy atom. The van der Waals surface area contributed by atoms with Crippen molar-refractivity contribution in [3.8, 4) is 23.3 Å². The van der Waals surface area contributed by atoms with Crippen LogP contribution in [-0.2, 0) is 6.54 Å². The molecule has 0 spiro atoms. The summed E-state index contributed by atoms with van der Waals surface area (Å²) >= 11 is 0. The zero-order valence-electron chi connectivity index (χ0n) is 13.0. The highest BCUT2D eigenvalue weighted by molar-refractivity contribution is 5.51. The van der Waals surface area contributed by atoms with Gasteiger partial charge in [-0.25, -0.2) is 0 Å². The largest absolute Gasteiger partial charge is 0.496 e. The zero-order valence-corrected chi connectivity index (χ0v) is 13.0. The number of fused-ring (bicyclic) bond motifs is 1. The third-order valence-electron chi connectivity index (χ3n) is 4.23. The molecule has 5 heteroatoms. The van der Waals surface area contributed by atoms with Crippen LogP contribution in [0.4, 0.5) is 0 Å². The van der Waals surface area contributed by atoms with Gasteiger partial charge in [-0.15, -0.1) is 0 Å². The molecule has 2 heterocycles. The molecule has 118 valence electrons. The van der Waals surface area contributed by atoms with Crippen LogP contribution in [0.5, 0.6) is 17.2 Å². The predicted octanol–water partition coefficient (Wildman–Crippen LogP) is 2.59. The van der Waals surface area contributed by atoms with E-state index in [0.717, 1.165) is 61.7 Å². The molecule has 0 bridgehead atoms. The van der Waals surface area contributed by atoms with Crippen molar-refractivity contribution >= 4 is 0 Å². The van der Waals surface area contributed by atoms with Gasteiger partial charge in [0.2, 0.25) is 0 Å². The van der Waals surface area contributed by atoms with E-state index in [4.69, 9.17) is 19.5 Å². The van der Waals surface area contributed by atoms with Crippen molar-refractivity contribution in [2.45, 2.75) is 25.8 Å². The highest BCUT2D eigenvalue weighted by Gasteiger charge is 2.22. The fourth-order valence-electron chi connectivity index (χ4n) is 3.09. The van der Waals surface area contributed by atoms with Gasteiger partial charge in [-0.3, -0.25) is 4.90 Å². The number of piperidine rings is 1. The fourth-order valence-corrected chi connectivity index (χ4v) is 3.09. The molecule has 3 rings (SSSR count). The number of hydrogen-bond donors (Lipinski definition) is 0. The van der Waals surface area contributed by atoms with Crippen LogP contribution >= 0.6 is 0 Å². The lowest BCUT2D eigenvalue weighted by molar-refractivity contribution is 0.189. The maximum Gasteiger partial charge on any atom is 0.164 e. The molecule has 2 aliphatic heterocycles. The minimum atomic E-state index is 0.139. The van der Waals surface area contributed by atoms with Crippen LogP contribution in [0, 0.1) is 17.2 Å². The molecule has 22 heavy (non-hydrogen) atoms. The van der Waals surface area contributed by atoms with E-state index in [1.165, 1.54) is 0 Å². The van der Waals surface area contributed by atoms with E-state index in [0.29, 0.717) is 13.2 Å². The topological polar surface area (TPSA) is 54.7 Å². The Labute approximate surface area is 131 Å². The number of likely N-dealkylation sites (tertiary alicyclic amines) is 1. The molecular formula is C17H22N2O3. The average molecular weight is 302 g/mol. The molecule has 1 saturated heterocycles. The molecule has 0 saturated carbocycles. The fraction of sp³-hybridized carbons (Fsp3) is 0.588. The monoisotopic (exact) mass is 302 g/mol. The second-order valence-corrected chi connectivity index (χ2v) is 5.86. The lowest BCUT2D eigenvalue weighted by atomic mass is 9.99. The smallest absolute Gasteiger partial charge is 0.164 e. The van der Waals surface area contributed by atoms with Gasteiger partial charge in [0, 0.05) is 31.1 Å². The quantitative estimate of drug-likeness (QED) is 0.859. The third-order valence-corrected chi connectivity index (χ3v) is 4.23. The molecule has 2 aliphatic rings. The Balaban J connectivity index is 1.80. The highest BCUT2D eigenvalue weighted by atomic mass is 16.5. The van der Waals surface area contributed by atoms with Gasteiger partial charge in [-0.2, -0.15) is 5.26 Å². The summed E-state index contributed by atoms with van der Waals surface area (Å²) in [6.45, 7) is 3.98. The number of hydrogen-bond acceptors (Lipinski definition) is 5.